The monoisotopic (exact) mass is 438 g/mol. The predicted octanol–water partition coefficient (Wildman–Crippen LogP) is 4.38. The SMILES string of the molecule is O=C(NC1CC1)c1c(-c2ccccc2)csc1NC(=O)[C@H]1C2CCC(CC2)[C@H]1C(=O)O. The summed E-state index contributed by atoms with van der Waals surface area (Å²) in [6, 6.07) is 9.86. The molecule has 2 atom stereocenters. The molecule has 162 valence electrons. The molecule has 4 fully saturated rings. The van der Waals surface area contributed by atoms with Gasteiger partial charge in [-0.2, -0.15) is 0 Å². The summed E-state index contributed by atoms with van der Waals surface area (Å²) in [6.07, 6.45) is 5.53. The molecule has 31 heavy (non-hydrogen) atoms. The maximum atomic E-state index is 13.3. The number of fused-ring (bicyclic) bond motifs is 3. The molecule has 1 aromatic heterocycles. The minimum Gasteiger partial charge on any atom is -0.481 e. The van der Waals surface area contributed by atoms with E-state index in [1.165, 1.54) is 11.3 Å². The predicted molar refractivity (Wildman–Crippen MR) is 119 cm³/mol. The van der Waals surface area contributed by atoms with Crippen LogP contribution in [0.25, 0.3) is 11.1 Å². The van der Waals surface area contributed by atoms with Gasteiger partial charge >= 0.3 is 5.97 Å². The third-order valence-corrected chi connectivity index (χ3v) is 7.95. The van der Waals surface area contributed by atoms with Crippen LogP contribution < -0.4 is 10.6 Å². The standard InChI is InChI=1S/C24H26N2O4S/c27-21(18-14-6-8-15(9-7-14)19(18)24(29)30)26-23-20(22(28)25-16-10-11-16)17(12-31-23)13-4-2-1-3-5-13/h1-5,12,14-16,18-19H,6-11H2,(H,25,28)(H,26,27)(H,29,30)/t14?,15?,18-,19+/m0/s1. The summed E-state index contributed by atoms with van der Waals surface area (Å²) in [5, 5.41) is 18.2. The fourth-order valence-electron chi connectivity index (χ4n) is 5.37. The van der Waals surface area contributed by atoms with E-state index in [4.69, 9.17) is 0 Å². The first-order chi connectivity index (χ1) is 15.0. The van der Waals surface area contributed by atoms with Crippen molar-refractivity contribution in [2.45, 2.75) is 44.6 Å². The number of amides is 2. The van der Waals surface area contributed by atoms with Crippen LogP contribution in [0.5, 0.6) is 0 Å². The summed E-state index contributed by atoms with van der Waals surface area (Å²) in [5.41, 5.74) is 2.18. The Balaban J connectivity index is 1.45. The number of aliphatic carboxylic acids is 1. The summed E-state index contributed by atoms with van der Waals surface area (Å²) in [5.74, 6) is -2.32. The van der Waals surface area contributed by atoms with Gasteiger partial charge in [0.05, 0.1) is 17.4 Å². The molecule has 4 aliphatic rings. The molecule has 0 spiro atoms. The molecular weight excluding hydrogens is 412 g/mol. The van der Waals surface area contributed by atoms with E-state index in [1.807, 2.05) is 35.7 Å². The number of thiophene rings is 1. The number of nitrogens with one attached hydrogen (secondary N) is 2. The molecule has 3 N–H and O–H groups in total. The number of anilines is 1. The van der Waals surface area contributed by atoms with E-state index in [1.54, 1.807) is 0 Å². The molecule has 4 saturated carbocycles. The van der Waals surface area contributed by atoms with E-state index in [2.05, 4.69) is 10.6 Å². The van der Waals surface area contributed by atoms with Crippen molar-refractivity contribution in [2.24, 2.45) is 23.7 Å². The van der Waals surface area contributed by atoms with Crippen LogP contribution in [0.1, 0.15) is 48.9 Å². The third-order valence-electron chi connectivity index (χ3n) is 7.06. The van der Waals surface area contributed by atoms with Crippen LogP contribution in [0.3, 0.4) is 0 Å². The lowest BCUT2D eigenvalue weighted by Gasteiger charge is -2.45. The summed E-state index contributed by atoms with van der Waals surface area (Å²) in [6.45, 7) is 0. The molecule has 2 amide bonds. The number of carboxylic acids is 1. The molecule has 0 radical (unpaired) electrons. The Morgan fingerprint density at radius 2 is 1.55 bits per heavy atom. The highest BCUT2D eigenvalue weighted by Crippen LogP contribution is 2.49. The van der Waals surface area contributed by atoms with Gasteiger partial charge in [-0.25, -0.2) is 0 Å². The maximum absolute atomic E-state index is 13.3. The number of rotatable bonds is 6. The van der Waals surface area contributed by atoms with Gasteiger partial charge < -0.3 is 15.7 Å². The highest BCUT2D eigenvalue weighted by Gasteiger charge is 2.50. The van der Waals surface area contributed by atoms with Crippen LogP contribution in [-0.2, 0) is 9.59 Å². The van der Waals surface area contributed by atoms with Gasteiger partial charge in [0.15, 0.2) is 0 Å². The van der Waals surface area contributed by atoms with Crippen molar-refractivity contribution < 1.29 is 19.5 Å². The van der Waals surface area contributed by atoms with Crippen molar-refractivity contribution in [1.29, 1.82) is 0 Å². The second-order valence-corrected chi connectivity index (χ2v) is 9.90. The minimum absolute atomic E-state index is 0.0686. The van der Waals surface area contributed by atoms with E-state index in [-0.39, 0.29) is 29.7 Å². The van der Waals surface area contributed by atoms with Gasteiger partial charge in [-0.05, 0) is 55.9 Å². The minimum atomic E-state index is -0.877. The molecule has 1 aromatic carbocycles. The normalized spacial score (nSPS) is 27.0. The smallest absolute Gasteiger partial charge is 0.307 e. The van der Waals surface area contributed by atoms with E-state index in [0.29, 0.717) is 10.6 Å². The molecule has 1 heterocycles. The quantitative estimate of drug-likeness (QED) is 0.624. The second-order valence-electron chi connectivity index (χ2n) is 9.02. The van der Waals surface area contributed by atoms with Gasteiger partial charge in [0.2, 0.25) is 5.91 Å². The van der Waals surface area contributed by atoms with Crippen molar-refractivity contribution in [3.05, 3.63) is 41.3 Å². The zero-order chi connectivity index (χ0) is 21.5. The number of benzene rings is 1. The fraction of sp³-hybridized carbons (Fsp3) is 0.458. The fourth-order valence-corrected chi connectivity index (χ4v) is 6.34. The van der Waals surface area contributed by atoms with Gasteiger partial charge in [-0.15, -0.1) is 11.3 Å². The molecule has 6 rings (SSSR count). The molecule has 6 nitrogen and oxygen atoms in total. The second kappa shape index (κ2) is 8.11. The van der Waals surface area contributed by atoms with Crippen LogP contribution >= 0.6 is 11.3 Å². The molecule has 4 aliphatic carbocycles. The van der Waals surface area contributed by atoms with Crippen molar-refractivity contribution >= 4 is 34.1 Å². The number of hydrogen-bond donors (Lipinski definition) is 3. The van der Waals surface area contributed by atoms with Gasteiger partial charge in [0.1, 0.15) is 5.00 Å². The van der Waals surface area contributed by atoms with Crippen LogP contribution in [0.4, 0.5) is 5.00 Å². The topological polar surface area (TPSA) is 95.5 Å². The first kappa shape index (κ1) is 20.2. The van der Waals surface area contributed by atoms with E-state index in [0.717, 1.165) is 49.7 Å². The number of carbonyl (C=O) groups excluding carboxylic acids is 2. The highest BCUT2D eigenvalue weighted by molar-refractivity contribution is 7.15. The summed E-state index contributed by atoms with van der Waals surface area (Å²) in [7, 11) is 0. The maximum Gasteiger partial charge on any atom is 0.307 e. The zero-order valence-electron chi connectivity index (χ0n) is 17.2. The molecule has 0 saturated heterocycles. The van der Waals surface area contributed by atoms with Crippen LogP contribution in [0.2, 0.25) is 0 Å². The summed E-state index contributed by atoms with van der Waals surface area (Å²) < 4.78 is 0. The number of hydrogen-bond acceptors (Lipinski definition) is 4. The molecule has 0 aliphatic heterocycles. The average Bonchev–Trinajstić information content (AvgIpc) is 3.50. The molecular formula is C24H26N2O4S. The summed E-state index contributed by atoms with van der Waals surface area (Å²) in [4.78, 5) is 38.4. The Labute approximate surface area is 185 Å². The molecule has 2 aromatic rings. The van der Waals surface area contributed by atoms with E-state index >= 15 is 0 Å². The Hall–Kier alpha value is -2.67. The third kappa shape index (κ3) is 3.87. The molecule has 7 heteroatoms. The zero-order valence-corrected chi connectivity index (χ0v) is 18.0. The number of carboxylic acid groups (broad SMARTS) is 1. The Bertz CT molecular complexity index is 1010. The van der Waals surface area contributed by atoms with Crippen molar-refractivity contribution in [1.82, 2.24) is 5.32 Å². The Morgan fingerprint density at radius 3 is 2.16 bits per heavy atom. The lowest BCUT2D eigenvalue weighted by atomic mass is 9.58. The average molecular weight is 439 g/mol. The van der Waals surface area contributed by atoms with Gasteiger partial charge in [0, 0.05) is 17.0 Å². The van der Waals surface area contributed by atoms with Crippen molar-refractivity contribution in [3.8, 4) is 11.1 Å². The Morgan fingerprint density at radius 1 is 0.903 bits per heavy atom. The first-order valence-corrected chi connectivity index (χ1v) is 11.9. The number of carbonyl (C=O) groups is 3. The summed E-state index contributed by atoms with van der Waals surface area (Å²) >= 11 is 1.33. The van der Waals surface area contributed by atoms with E-state index < -0.39 is 17.8 Å². The van der Waals surface area contributed by atoms with Gasteiger partial charge in [-0.1, -0.05) is 30.3 Å². The van der Waals surface area contributed by atoms with Crippen LogP contribution in [0.15, 0.2) is 35.7 Å². The first-order valence-electron chi connectivity index (χ1n) is 11.0. The van der Waals surface area contributed by atoms with Crippen molar-refractivity contribution in [3.63, 3.8) is 0 Å². The highest BCUT2D eigenvalue weighted by atomic mass is 32.1. The molecule has 0 unspecified atom stereocenters. The molecule has 2 bridgehead atoms. The van der Waals surface area contributed by atoms with E-state index in [9.17, 15) is 19.5 Å². The lowest BCUT2D eigenvalue weighted by molar-refractivity contribution is -0.156. The Kier molecular flexibility index (Phi) is 5.30. The largest absolute Gasteiger partial charge is 0.481 e. The van der Waals surface area contributed by atoms with Gasteiger partial charge in [-0.3, -0.25) is 14.4 Å². The van der Waals surface area contributed by atoms with Crippen LogP contribution in [0, 0.1) is 23.7 Å². The van der Waals surface area contributed by atoms with Crippen molar-refractivity contribution in [2.75, 3.05) is 5.32 Å². The lowest BCUT2D eigenvalue weighted by Crippen LogP contribution is -2.49. The van der Waals surface area contributed by atoms with Crippen LogP contribution in [-0.4, -0.2) is 28.9 Å². The van der Waals surface area contributed by atoms with Gasteiger partial charge in [0.25, 0.3) is 5.91 Å².